The molecule has 19 heavy (non-hydrogen) atoms. The second-order valence-electron chi connectivity index (χ2n) is 5.81. The van der Waals surface area contributed by atoms with E-state index in [4.69, 9.17) is 0 Å². The summed E-state index contributed by atoms with van der Waals surface area (Å²) in [6, 6.07) is 5.08. The summed E-state index contributed by atoms with van der Waals surface area (Å²) in [7, 11) is 0. The average Bonchev–Trinajstić information content (AvgIpc) is 2.83. The van der Waals surface area contributed by atoms with E-state index >= 15 is 0 Å². The number of hydrogen-bond acceptors (Lipinski definition) is 2. The number of non-ortho nitro benzene ring substituents is 1. The molecule has 0 amide bonds. The van der Waals surface area contributed by atoms with E-state index in [9.17, 15) is 10.1 Å². The number of H-pyrrole nitrogens is 1. The van der Waals surface area contributed by atoms with Crippen molar-refractivity contribution in [3.63, 3.8) is 0 Å². The summed E-state index contributed by atoms with van der Waals surface area (Å²) in [6.45, 7) is 2.29. The zero-order valence-electron chi connectivity index (χ0n) is 11.1. The van der Waals surface area contributed by atoms with Gasteiger partial charge in [-0.15, -0.1) is 0 Å². The maximum absolute atomic E-state index is 10.9. The highest BCUT2D eigenvalue weighted by Gasteiger charge is 2.31. The molecular formula is C15H18N2O2. The molecule has 0 radical (unpaired) electrons. The molecule has 4 heteroatoms. The number of nitro benzene ring substituents is 1. The van der Waals surface area contributed by atoms with Gasteiger partial charge in [0.15, 0.2) is 0 Å². The number of benzene rings is 1. The summed E-state index contributed by atoms with van der Waals surface area (Å²) in [5.74, 6) is 0. The molecule has 0 aliphatic heterocycles. The summed E-state index contributed by atoms with van der Waals surface area (Å²) in [5, 5.41) is 11.9. The van der Waals surface area contributed by atoms with Crippen molar-refractivity contribution < 1.29 is 4.92 Å². The van der Waals surface area contributed by atoms with Gasteiger partial charge < -0.3 is 4.98 Å². The van der Waals surface area contributed by atoms with Crippen molar-refractivity contribution in [2.45, 2.75) is 44.4 Å². The zero-order valence-corrected chi connectivity index (χ0v) is 11.1. The summed E-state index contributed by atoms with van der Waals surface area (Å²) < 4.78 is 0. The van der Waals surface area contributed by atoms with Crippen LogP contribution >= 0.6 is 0 Å². The van der Waals surface area contributed by atoms with Crippen molar-refractivity contribution in [2.75, 3.05) is 0 Å². The number of fused-ring (bicyclic) bond motifs is 1. The molecule has 1 aromatic carbocycles. The molecule has 0 saturated heterocycles. The van der Waals surface area contributed by atoms with Gasteiger partial charge in [0.1, 0.15) is 0 Å². The van der Waals surface area contributed by atoms with Gasteiger partial charge >= 0.3 is 0 Å². The third-order valence-electron chi connectivity index (χ3n) is 4.48. The number of rotatable bonds is 2. The molecule has 2 aromatic rings. The lowest BCUT2D eigenvalue weighted by Gasteiger charge is -2.33. The van der Waals surface area contributed by atoms with Crippen LogP contribution in [0.15, 0.2) is 24.4 Å². The first-order valence-corrected chi connectivity index (χ1v) is 6.86. The van der Waals surface area contributed by atoms with Crippen LogP contribution < -0.4 is 0 Å². The van der Waals surface area contributed by atoms with E-state index in [2.05, 4.69) is 11.9 Å². The zero-order chi connectivity index (χ0) is 13.5. The van der Waals surface area contributed by atoms with Crippen LogP contribution in [-0.4, -0.2) is 9.91 Å². The Morgan fingerprint density at radius 3 is 2.68 bits per heavy atom. The molecule has 1 saturated carbocycles. The summed E-state index contributed by atoms with van der Waals surface area (Å²) in [6.07, 6.45) is 8.18. The Balaban J connectivity index is 2.12. The Morgan fingerprint density at radius 1 is 1.26 bits per heavy atom. The molecule has 1 heterocycles. The van der Waals surface area contributed by atoms with Crippen LogP contribution in [0.5, 0.6) is 0 Å². The quantitative estimate of drug-likeness (QED) is 0.645. The number of aromatic nitrogens is 1. The monoisotopic (exact) mass is 258 g/mol. The van der Waals surface area contributed by atoms with Crippen LogP contribution in [0.2, 0.25) is 0 Å². The normalized spacial score (nSPS) is 18.6. The summed E-state index contributed by atoms with van der Waals surface area (Å²) in [5.41, 5.74) is 2.57. The van der Waals surface area contributed by atoms with Crippen LogP contribution in [0.1, 0.15) is 44.6 Å². The summed E-state index contributed by atoms with van der Waals surface area (Å²) in [4.78, 5) is 13.9. The molecule has 0 unspecified atom stereocenters. The predicted octanol–water partition coefficient (Wildman–Crippen LogP) is 4.30. The lowest BCUT2D eigenvalue weighted by atomic mass is 9.71. The van der Waals surface area contributed by atoms with Gasteiger partial charge in [-0.25, -0.2) is 0 Å². The molecule has 1 aromatic heterocycles. The third kappa shape index (κ3) is 2.01. The second-order valence-corrected chi connectivity index (χ2v) is 5.81. The number of hydrogen-bond donors (Lipinski definition) is 1. The van der Waals surface area contributed by atoms with Crippen LogP contribution in [0, 0.1) is 10.1 Å². The number of nitrogens with one attached hydrogen (secondary N) is 1. The van der Waals surface area contributed by atoms with E-state index < -0.39 is 0 Å². The lowest BCUT2D eigenvalue weighted by Crippen LogP contribution is -2.24. The van der Waals surface area contributed by atoms with E-state index in [-0.39, 0.29) is 16.0 Å². The molecule has 1 N–H and O–H groups in total. The van der Waals surface area contributed by atoms with Crippen LogP contribution in [0.4, 0.5) is 5.69 Å². The van der Waals surface area contributed by atoms with E-state index in [1.54, 1.807) is 12.1 Å². The number of nitrogens with zero attached hydrogens (tertiary/aromatic N) is 1. The van der Waals surface area contributed by atoms with E-state index in [0.29, 0.717) is 0 Å². The maximum Gasteiger partial charge on any atom is 0.270 e. The molecule has 0 bridgehead atoms. The van der Waals surface area contributed by atoms with Gasteiger partial charge in [0, 0.05) is 29.2 Å². The van der Waals surface area contributed by atoms with Crippen molar-refractivity contribution in [2.24, 2.45) is 0 Å². The molecule has 0 atom stereocenters. The van der Waals surface area contributed by atoms with E-state index in [1.807, 2.05) is 12.3 Å². The maximum atomic E-state index is 10.9. The van der Waals surface area contributed by atoms with Gasteiger partial charge in [-0.1, -0.05) is 26.2 Å². The predicted molar refractivity (Wildman–Crippen MR) is 75.4 cm³/mol. The molecule has 1 fully saturated rings. The Labute approximate surface area is 112 Å². The van der Waals surface area contributed by atoms with Crippen molar-refractivity contribution >= 4 is 16.6 Å². The Morgan fingerprint density at radius 2 is 2.00 bits per heavy atom. The molecule has 1 aliphatic carbocycles. The Bertz CT molecular complexity index is 624. The molecule has 3 rings (SSSR count). The van der Waals surface area contributed by atoms with E-state index in [1.165, 1.54) is 37.7 Å². The van der Waals surface area contributed by atoms with Crippen molar-refractivity contribution in [3.8, 4) is 0 Å². The van der Waals surface area contributed by atoms with Crippen LogP contribution in [0.3, 0.4) is 0 Å². The minimum absolute atomic E-state index is 0.158. The minimum atomic E-state index is -0.320. The highest BCUT2D eigenvalue weighted by atomic mass is 16.6. The first kappa shape index (κ1) is 12.2. The fraction of sp³-hybridized carbons (Fsp3) is 0.467. The Kier molecular flexibility index (Phi) is 2.81. The summed E-state index contributed by atoms with van der Waals surface area (Å²) >= 11 is 0. The molecular weight excluding hydrogens is 240 g/mol. The number of aromatic amines is 1. The minimum Gasteiger partial charge on any atom is -0.361 e. The molecule has 100 valence electrons. The fourth-order valence-electron chi connectivity index (χ4n) is 3.32. The largest absolute Gasteiger partial charge is 0.361 e. The average molecular weight is 258 g/mol. The smallest absolute Gasteiger partial charge is 0.270 e. The van der Waals surface area contributed by atoms with Crippen molar-refractivity contribution in [1.82, 2.24) is 4.98 Å². The van der Waals surface area contributed by atoms with Crippen LogP contribution in [-0.2, 0) is 5.41 Å². The third-order valence-corrected chi connectivity index (χ3v) is 4.48. The standard InChI is InChI=1S/C15H18N2O2/c1-15(7-3-2-4-8-15)13-10-16-14-6-5-11(17(18)19)9-12(13)14/h5-6,9-10,16H,2-4,7-8H2,1H3. The first-order valence-electron chi connectivity index (χ1n) is 6.86. The SMILES string of the molecule is CC1(c2c[nH]c3ccc([N+](=O)[O-])cc23)CCCCC1. The van der Waals surface area contributed by atoms with Gasteiger partial charge in [0.2, 0.25) is 0 Å². The Hall–Kier alpha value is -1.84. The lowest BCUT2D eigenvalue weighted by molar-refractivity contribution is -0.384. The molecule has 1 aliphatic rings. The van der Waals surface area contributed by atoms with Gasteiger partial charge in [-0.05, 0) is 29.9 Å². The van der Waals surface area contributed by atoms with Crippen LogP contribution in [0.25, 0.3) is 10.9 Å². The highest BCUT2D eigenvalue weighted by Crippen LogP contribution is 2.42. The van der Waals surface area contributed by atoms with Gasteiger partial charge in [-0.3, -0.25) is 10.1 Å². The molecule has 0 spiro atoms. The highest BCUT2D eigenvalue weighted by molar-refractivity contribution is 5.86. The van der Waals surface area contributed by atoms with Gasteiger partial charge in [0.05, 0.1) is 4.92 Å². The topological polar surface area (TPSA) is 58.9 Å². The fourth-order valence-corrected chi connectivity index (χ4v) is 3.32. The van der Waals surface area contributed by atoms with Gasteiger partial charge in [0.25, 0.3) is 5.69 Å². The number of nitro groups is 1. The van der Waals surface area contributed by atoms with Gasteiger partial charge in [-0.2, -0.15) is 0 Å². The van der Waals surface area contributed by atoms with Crippen molar-refractivity contribution in [1.29, 1.82) is 0 Å². The first-order chi connectivity index (χ1) is 9.10. The van der Waals surface area contributed by atoms with E-state index in [0.717, 1.165) is 10.9 Å². The van der Waals surface area contributed by atoms with Crippen molar-refractivity contribution in [3.05, 3.63) is 40.1 Å². The second kappa shape index (κ2) is 4.37. The molecule has 4 nitrogen and oxygen atoms in total.